The summed E-state index contributed by atoms with van der Waals surface area (Å²) in [4.78, 5) is 21.2. The molecule has 2 heterocycles. The Hall–Kier alpha value is -2.68. The number of ether oxygens (including phenoxy) is 1. The summed E-state index contributed by atoms with van der Waals surface area (Å²) in [5.41, 5.74) is 0.918. The zero-order valence-electron chi connectivity index (χ0n) is 17.4. The Morgan fingerprint density at radius 1 is 1.30 bits per heavy atom. The van der Waals surface area contributed by atoms with Gasteiger partial charge in [-0.3, -0.25) is 14.6 Å². The molecule has 3 rings (SSSR count). The van der Waals surface area contributed by atoms with E-state index >= 15 is 0 Å². The molecule has 1 aliphatic heterocycles. The normalized spacial score (nSPS) is 16.2. The number of carbonyl (C=O) groups excluding carboxylic acids is 1. The fourth-order valence-electron chi connectivity index (χ4n) is 3.38. The number of amides is 1. The van der Waals surface area contributed by atoms with Crippen molar-refractivity contribution in [3.8, 4) is 5.75 Å². The van der Waals surface area contributed by atoms with Crippen molar-refractivity contribution in [1.29, 1.82) is 0 Å². The second-order valence-corrected chi connectivity index (χ2v) is 7.41. The van der Waals surface area contributed by atoms with Gasteiger partial charge in [0.1, 0.15) is 12.0 Å². The molecule has 2 N–H and O–H groups in total. The number of carbonyl (C=O) groups is 1. The minimum absolute atomic E-state index is 0.254. The first-order valence-corrected chi connectivity index (χ1v) is 10.2. The Kier molecular flexibility index (Phi) is 8.01. The molecule has 30 heavy (non-hydrogen) atoms. The van der Waals surface area contributed by atoms with Crippen LogP contribution >= 0.6 is 0 Å². The Balaban J connectivity index is 1.44. The quantitative estimate of drug-likeness (QED) is 0.577. The molecule has 1 saturated heterocycles. The van der Waals surface area contributed by atoms with Crippen LogP contribution < -0.4 is 10.1 Å². The fraction of sp³-hybridized carbons (Fsp3) is 0.455. The van der Waals surface area contributed by atoms with Crippen LogP contribution in [-0.4, -0.2) is 71.7 Å². The molecule has 1 amide bonds. The number of hydrogen-bond acceptors (Lipinski definition) is 7. The number of allylic oxidation sites excluding steroid dienone is 1. The van der Waals surface area contributed by atoms with Crippen molar-refractivity contribution in [2.24, 2.45) is 0 Å². The summed E-state index contributed by atoms with van der Waals surface area (Å²) >= 11 is 0. The smallest absolute Gasteiger partial charge is 0.277 e. The van der Waals surface area contributed by atoms with E-state index in [2.05, 4.69) is 26.7 Å². The van der Waals surface area contributed by atoms with E-state index in [-0.39, 0.29) is 17.7 Å². The van der Waals surface area contributed by atoms with Crippen LogP contribution in [0.2, 0.25) is 0 Å². The van der Waals surface area contributed by atoms with Crippen molar-refractivity contribution in [3.05, 3.63) is 54.8 Å². The first-order chi connectivity index (χ1) is 14.6. The van der Waals surface area contributed by atoms with E-state index in [1.165, 1.54) is 6.26 Å². The first-order valence-electron chi connectivity index (χ1n) is 10.2. The van der Waals surface area contributed by atoms with Crippen molar-refractivity contribution >= 4 is 11.6 Å². The van der Waals surface area contributed by atoms with Crippen molar-refractivity contribution in [2.45, 2.75) is 25.5 Å². The summed E-state index contributed by atoms with van der Waals surface area (Å²) in [6.45, 7) is 8.44. The minimum atomic E-state index is -0.312. The van der Waals surface area contributed by atoms with Gasteiger partial charge in [0.05, 0.1) is 19.8 Å². The lowest BCUT2D eigenvalue weighted by Gasteiger charge is -2.34. The van der Waals surface area contributed by atoms with Crippen LogP contribution in [0.25, 0.3) is 0 Å². The number of benzene rings is 1. The van der Waals surface area contributed by atoms with E-state index in [0.29, 0.717) is 24.7 Å². The summed E-state index contributed by atoms with van der Waals surface area (Å²) in [6.07, 6.45) is 4.50. The van der Waals surface area contributed by atoms with Crippen LogP contribution in [-0.2, 0) is 6.54 Å². The van der Waals surface area contributed by atoms with Gasteiger partial charge in [-0.25, -0.2) is 4.98 Å². The molecule has 8 heteroatoms. The maximum absolute atomic E-state index is 12.4. The molecule has 0 saturated carbocycles. The Morgan fingerprint density at radius 2 is 2.00 bits per heavy atom. The fourth-order valence-corrected chi connectivity index (χ4v) is 3.38. The van der Waals surface area contributed by atoms with Crippen LogP contribution in [0.5, 0.6) is 5.75 Å². The lowest BCUT2D eigenvalue weighted by molar-refractivity contribution is 0.0642. The van der Waals surface area contributed by atoms with Gasteiger partial charge in [-0.05, 0) is 37.1 Å². The van der Waals surface area contributed by atoms with Crippen LogP contribution in [0.1, 0.15) is 29.2 Å². The van der Waals surface area contributed by atoms with E-state index < -0.39 is 0 Å². The maximum Gasteiger partial charge on any atom is 0.277 e. The molecule has 0 spiro atoms. The molecule has 1 aromatic heterocycles. The highest BCUT2D eigenvalue weighted by Crippen LogP contribution is 2.16. The number of piperazine rings is 1. The second-order valence-electron chi connectivity index (χ2n) is 7.41. The minimum Gasteiger partial charge on any atom is -0.497 e. The Labute approximate surface area is 177 Å². The number of nitrogens with one attached hydrogen (secondary N) is 1. The van der Waals surface area contributed by atoms with E-state index in [4.69, 9.17) is 9.15 Å². The average Bonchev–Trinajstić information content (AvgIpc) is 3.23. The molecular weight excluding hydrogens is 384 g/mol. The largest absolute Gasteiger partial charge is 0.497 e. The Morgan fingerprint density at radius 3 is 2.67 bits per heavy atom. The number of anilines is 1. The van der Waals surface area contributed by atoms with Gasteiger partial charge in [0.2, 0.25) is 5.89 Å². The van der Waals surface area contributed by atoms with E-state index in [0.717, 1.165) is 44.8 Å². The first kappa shape index (κ1) is 22.0. The van der Waals surface area contributed by atoms with Crippen molar-refractivity contribution in [2.75, 3.05) is 45.2 Å². The van der Waals surface area contributed by atoms with Gasteiger partial charge in [-0.1, -0.05) is 6.08 Å². The van der Waals surface area contributed by atoms with Crippen LogP contribution in [0.4, 0.5) is 5.69 Å². The second kappa shape index (κ2) is 10.9. The number of aromatic nitrogens is 1. The predicted molar refractivity (Wildman–Crippen MR) is 115 cm³/mol. The molecule has 1 fully saturated rings. The Bertz CT molecular complexity index is 813. The number of oxazole rings is 1. The molecule has 162 valence electrons. The molecule has 1 aromatic carbocycles. The molecule has 2 aromatic rings. The molecule has 8 nitrogen and oxygen atoms in total. The number of aliphatic hydroxyl groups excluding tert-OH is 1. The molecule has 1 atom stereocenters. The van der Waals surface area contributed by atoms with Gasteiger partial charge >= 0.3 is 0 Å². The van der Waals surface area contributed by atoms with Gasteiger partial charge < -0.3 is 19.6 Å². The number of β-amino-alcohol motifs (C(OH)–C–C–N with tert-alkyl or cyclic N) is 1. The average molecular weight is 415 g/mol. The molecule has 0 bridgehead atoms. The SMILES string of the molecule is C=CCCC(O)CN1CCN(Cc2nc(C(=O)Nc3ccc(OC)cc3)co2)CC1. The number of nitrogens with zero attached hydrogens (tertiary/aromatic N) is 3. The number of rotatable bonds is 10. The highest BCUT2D eigenvalue weighted by molar-refractivity contribution is 6.02. The van der Waals surface area contributed by atoms with Crippen LogP contribution in [0.15, 0.2) is 47.6 Å². The third-order valence-corrected chi connectivity index (χ3v) is 5.13. The summed E-state index contributed by atoms with van der Waals surface area (Å²) < 4.78 is 10.6. The third-order valence-electron chi connectivity index (χ3n) is 5.13. The lowest BCUT2D eigenvalue weighted by Crippen LogP contribution is -2.48. The topological polar surface area (TPSA) is 91.1 Å². The van der Waals surface area contributed by atoms with Gasteiger partial charge in [-0.2, -0.15) is 0 Å². The maximum atomic E-state index is 12.4. The summed E-state index contributed by atoms with van der Waals surface area (Å²) in [5, 5.41) is 12.8. The molecule has 0 aliphatic carbocycles. The molecular formula is C22H30N4O4. The zero-order valence-corrected chi connectivity index (χ0v) is 17.4. The van der Waals surface area contributed by atoms with E-state index in [9.17, 15) is 9.90 Å². The van der Waals surface area contributed by atoms with Gasteiger partial charge in [0.15, 0.2) is 5.69 Å². The monoisotopic (exact) mass is 414 g/mol. The molecule has 1 unspecified atom stereocenters. The van der Waals surface area contributed by atoms with Gasteiger partial charge in [0, 0.05) is 38.4 Å². The molecule has 0 radical (unpaired) electrons. The van der Waals surface area contributed by atoms with E-state index in [1.54, 1.807) is 31.4 Å². The van der Waals surface area contributed by atoms with E-state index in [1.807, 2.05) is 6.08 Å². The van der Waals surface area contributed by atoms with Crippen molar-refractivity contribution < 1.29 is 19.1 Å². The standard InChI is InChI=1S/C22H30N4O4/c1-3-4-5-18(27)14-25-10-12-26(13-11-25)15-21-24-20(16-30-21)22(28)23-17-6-8-19(29-2)9-7-17/h3,6-9,16,18,27H,1,4-5,10-15H2,2H3,(H,23,28). The van der Waals surface area contributed by atoms with Gasteiger partial charge in [-0.15, -0.1) is 6.58 Å². The zero-order chi connectivity index (χ0) is 21.3. The van der Waals surface area contributed by atoms with Gasteiger partial charge in [0.25, 0.3) is 5.91 Å². The van der Waals surface area contributed by atoms with Crippen LogP contribution in [0, 0.1) is 0 Å². The van der Waals surface area contributed by atoms with Crippen molar-refractivity contribution in [3.63, 3.8) is 0 Å². The predicted octanol–water partition coefficient (Wildman–Crippen LogP) is 2.38. The number of methoxy groups -OCH3 is 1. The number of aliphatic hydroxyl groups is 1. The summed E-state index contributed by atoms with van der Waals surface area (Å²) in [7, 11) is 1.60. The number of hydrogen-bond donors (Lipinski definition) is 2. The lowest BCUT2D eigenvalue weighted by atomic mass is 10.1. The highest BCUT2D eigenvalue weighted by atomic mass is 16.5. The van der Waals surface area contributed by atoms with Crippen LogP contribution in [0.3, 0.4) is 0 Å². The third kappa shape index (κ3) is 6.41. The summed E-state index contributed by atoms with van der Waals surface area (Å²) in [5.74, 6) is 0.936. The highest BCUT2D eigenvalue weighted by Gasteiger charge is 2.21. The van der Waals surface area contributed by atoms with Crippen molar-refractivity contribution in [1.82, 2.24) is 14.8 Å². The molecule has 1 aliphatic rings. The summed E-state index contributed by atoms with van der Waals surface area (Å²) in [6, 6.07) is 7.10.